The molecule has 0 aliphatic carbocycles. The van der Waals surface area contributed by atoms with Crippen LogP contribution in [0.15, 0.2) is 45.9 Å². The molecule has 1 saturated heterocycles. The van der Waals surface area contributed by atoms with Crippen LogP contribution in [0, 0.1) is 19.8 Å². The molecule has 4 rings (SSSR count). The zero-order valence-corrected chi connectivity index (χ0v) is 17.1. The average molecular weight is 414 g/mol. The summed E-state index contributed by atoms with van der Waals surface area (Å²) in [7, 11) is -3.68. The first-order valence-electron chi connectivity index (χ1n) is 9.45. The Morgan fingerprint density at radius 2 is 1.90 bits per heavy atom. The van der Waals surface area contributed by atoms with Gasteiger partial charge in [-0.2, -0.15) is 4.31 Å². The Morgan fingerprint density at radius 1 is 1.17 bits per heavy atom. The molecule has 0 unspecified atom stereocenters. The summed E-state index contributed by atoms with van der Waals surface area (Å²) in [6, 6.07) is 9.43. The molecular formula is C20H22N4O4S. The number of aromatic nitrogens is 2. The number of sulfonamides is 1. The molecule has 1 aliphatic rings. The van der Waals surface area contributed by atoms with Gasteiger partial charge in [0, 0.05) is 30.6 Å². The number of carbonyl (C=O) groups excluding carboxylic acids is 1. The third-order valence-electron chi connectivity index (χ3n) is 5.28. The number of fused-ring (bicyclic) bond motifs is 1. The second-order valence-electron chi connectivity index (χ2n) is 7.20. The summed E-state index contributed by atoms with van der Waals surface area (Å²) in [6.45, 7) is 3.75. The van der Waals surface area contributed by atoms with Gasteiger partial charge in [-0.15, -0.1) is 0 Å². The molecule has 1 aliphatic heterocycles. The molecule has 1 aromatic carbocycles. The van der Waals surface area contributed by atoms with Crippen LogP contribution in [0.3, 0.4) is 0 Å². The number of nitrogens with zero attached hydrogens (tertiary/aromatic N) is 3. The molecule has 29 heavy (non-hydrogen) atoms. The SMILES string of the molecule is Cc1noc(C)c1S(=O)(=O)N1CCC(C(=O)Nc2cccc3cccnc23)CC1. The zero-order valence-electron chi connectivity index (χ0n) is 16.3. The van der Waals surface area contributed by atoms with Crippen molar-refractivity contribution >= 4 is 32.5 Å². The lowest BCUT2D eigenvalue weighted by molar-refractivity contribution is -0.120. The highest BCUT2D eigenvalue weighted by Crippen LogP contribution is 2.29. The minimum atomic E-state index is -3.68. The normalized spacial score (nSPS) is 16.2. The summed E-state index contributed by atoms with van der Waals surface area (Å²) in [6.07, 6.45) is 2.59. The van der Waals surface area contributed by atoms with E-state index in [0.717, 1.165) is 10.9 Å². The van der Waals surface area contributed by atoms with E-state index in [0.29, 0.717) is 24.2 Å². The summed E-state index contributed by atoms with van der Waals surface area (Å²) in [5.41, 5.74) is 1.76. The Labute approximate surface area is 169 Å². The second-order valence-corrected chi connectivity index (χ2v) is 9.08. The van der Waals surface area contributed by atoms with Crippen molar-refractivity contribution in [1.82, 2.24) is 14.4 Å². The van der Waals surface area contributed by atoms with E-state index in [4.69, 9.17) is 4.52 Å². The van der Waals surface area contributed by atoms with Gasteiger partial charge in [-0.3, -0.25) is 9.78 Å². The Kier molecular flexibility index (Phi) is 5.10. The van der Waals surface area contributed by atoms with E-state index in [1.54, 1.807) is 20.0 Å². The van der Waals surface area contributed by atoms with E-state index in [1.165, 1.54) is 4.31 Å². The highest BCUT2D eigenvalue weighted by molar-refractivity contribution is 7.89. The number of benzene rings is 1. The fraction of sp³-hybridized carbons (Fsp3) is 0.350. The molecule has 3 aromatic rings. The minimum absolute atomic E-state index is 0.113. The molecule has 3 heterocycles. The van der Waals surface area contributed by atoms with Crippen molar-refractivity contribution in [2.45, 2.75) is 31.6 Å². The number of carbonyl (C=O) groups is 1. The van der Waals surface area contributed by atoms with Gasteiger partial charge in [0.25, 0.3) is 0 Å². The Balaban J connectivity index is 1.45. The zero-order chi connectivity index (χ0) is 20.6. The Hall–Kier alpha value is -2.78. The lowest BCUT2D eigenvalue weighted by Gasteiger charge is -2.30. The van der Waals surface area contributed by atoms with Crippen LogP contribution in [0.5, 0.6) is 0 Å². The van der Waals surface area contributed by atoms with Crippen LogP contribution in [-0.4, -0.2) is 41.9 Å². The van der Waals surface area contributed by atoms with Gasteiger partial charge in [0.15, 0.2) is 5.76 Å². The van der Waals surface area contributed by atoms with Crippen LogP contribution in [0.1, 0.15) is 24.3 Å². The second kappa shape index (κ2) is 7.57. The Morgan fingerprint density at radius 3 is 2.59 bits per heavy atom. The van der Waals surface area contributed by atoms with Gasteiger partial charge >= 0.3 is 0 Å². The largest absolute Gasteiger partial charge is 0.360 e. The van der Waals surface area contributed by atoms with Crippen LogP contribution in [0.25, 0.3) is 10.9 Å². The van der Waals surface area contributed by atoms with Gasteiger partial charge in [-0.1, -0.05) is 23.4 Å². The van der Waals surface area contributed by atoms with E-state index >= 15 is 0 Å². The van der Waals surface area contributed by atoms with E-state index < -0.39 is 10.0 Å². The molecule has 0 spiro atoms. The monoisotopic (exact) mass is 414 g/mol. The number of piperidine rings is 1. The number of amides is 1. The first-order chi connectivity index (χ1) is 13.9. The third kappa shape index (κ3) is 3.63. The predicted octanol–water partition coefficient (Wildman–Crippen LogP) is 2.88. The number of pyridine rings is 1. The number of para-hydroxylation sites is 1. The fourth-order valence-electron chi connectivity index (χ4n) is 3.77. The van der Waals surface area contributed by atoms with Crippen molar-refractivity contribution in [3.8, 4) is 0 Å². The number of aryl methyl sites for hydroxylation is 2. The summed E-state index contributed by atoms with van der Waals surface area (Å²) in [5.74, 6) is -0.0894. The molecule has 1 fully saturated rings. The number of hydrogen-bond acceptors (Lipinski definition) is 6. The number of hydrogen-bond donors (Lipinski definition) is 1. The molecule has 1 N–H and O–H groups in total. The molecule has 0 radical (unpaired) electrons. The first kappa shape index (κ1) is 19.5. The highest BCUT2D eigenvalue weighted by atomic mass is 32.2. The van der Waals surface area contributed by atoms with Gasteiger partial charge in [-0.05, 0) is 38.8 Å². The van der Waals surface area contributed by atoms with E-state index in [9.17, 15) is 13.2 Å². The van der Waals surface area contributed by atoms with Crippen molar-refractivity contribution < 1.29 is 17.7 Å². The molecule has 0 saturated carbocycles. The highest BCUT2D eigenvalue weighted by Gasteiger charge is 2.35. The van der Waals surface area contributed by atoms with Crippen LogP contribution >= 0.6 is 0 Å². The molecular weight excluding hydrogens is 392 g/mol. The molecule has 0 bridgehead atoms. The summed E-state index contributed by atoms with van der Waals surface area (Å²) in [4.78, 5) is 17.3. The van der Waals surface area contributed by atoms with E-state index in [1.807, 2.05) is 30.3 Å². The van der Waals surface area contributed by atoms with Crippen molar-refractivity contribution in [2.75, 3.05) is 18.4 Å². The molecule has 1 amide bonds. The molecule has 152 valence electrons. The maximum Gasteiger partial charge on any atom is 0.248 e. The predicted molar refractivity (Wildman–Crippen MR) is 108 cm³/mol. The van der Waals surface area contributed by atoms with Crippen LogP contribution in [0.4, 0.5) is 5.69 Å². The maximum atomic E-state index is 12.9. The van der Waals surface area contributed by atoms with Crippen molar-refractivity contribution in [1.29, 1.82) is 0 Å². The van der Waals surface area contributed by atoms with Crippen molar-refractivity contribution in [2.24, 2.45) is 5.92 Å². The number of anilines is 1. The molecule has 2 aromatic heterocycles. The van der Waals surface area contributed by atoms with E-state index in [2.05, 4.69) is 15.5 Å². The Bertz CT molecular complexity index is 1140. The fourth-order valence-corrected chi connectivity index (χ4v) is 5.53. The summed E-state index contributed by atoms with van der Waals surface area (Å²) < 4.78 is 32.3. The molecule has 0 atom stereocenters. The molecule has 8 nitrogen and oxygen atoms in total. The number of rotatable bonds is 4. The van der Waals surface area contributed by atoms with Gasteiger partial charge in [0.05, 0.1) is 11.2 Å². The van der Waals surface area contributed by atoms with Crippen molar-refractivity contribution in [3.63, 3.8) is 0 Å². The van der Waals surface area contributed by atoms with Gasteiger partial charge < -0.3 is 9.84 Å². The number of nitrogens with one attached hydrogen (secondary N) is 1. The van der Waals surface area contributed by atoms with Gasteiger partial charge in [0.1, 0.15) is 10.6 Å². The maximum absolute atomic E-state index is 12.9. The minimum Gasteiger partial charge on any atom is -0.360 e. The summed E-state index contributed by atoms with van der Waals surface area (Å²) >= 11 is 0. The quantitative estimate of drug-likeness (QED) is 0.704. The van der Waals surface area contributed by atoms with Gasteiger partial charge in [0.2, 0.25) is 15.9 Å². The van der Waals surface area contributed by atoms with Crippen LogP contribution in [0.2, 0.25) is 0 Å². The van der Waals surface area contributed by atoms with Gasteiger partial charge in [-0.25, -0.2) is 8.42 Å². The summed E-state index contributed by atoms with van der Waals surface area (Å²) in [5, 5.41) is 7.65. The van der Waals surface area contributed by atoms with E-state index in [-0.39, 0.29) is 35.6 Å². The molecule has 9 heteroatoms. The standard InChI is InChI=1S/C20H22N4O4S/c1-13-19(14(2)28-23-13)29(26,27)24-11-8-16(9-12-24)20(25)22-17-7-3-5-15-6-4-10-21-18(15)17/h3-7,10,16H,8-9,11-12H2,1-2H3,(H,22,25). The average Bonchev–Trinajstić information content (AvgIpc) is 3.07. The van der Waals surface area contributed by atoms with Crippen LogP contribution < -0.4 is 5.32 Å². The smallest absolute Gasteiger partial charge is 0.248 e. The third-order valence-corrected chi connectivity index (χ3v) is 7.42. The lowest BCUT2D eigenvalue weighted by atomic mass is 9.97. The first-order valence-corrected chi connectivity index (χ1v) is 10.9. The van der Waals surface area contributed by atoms with Crippen LogP contribution in [-0.2, 0) is 14.8 Å². The van der Waals surface area contributed by atoms with Crippen molar-refractivity contribution in [3.05, 3.63) is 48.0 Å². The lowest BCUT2D eigenvalue weighted by Crippen LogP contribution is -2.41. The topological polar surface area (TPSA) is 105 Å².